The van der Waals surface area contributed by atoms with Crippen LogP contribution < -0.4 is 0 Å². The van der Waals surface area contributed by atoms with Crippen LogP contribution in [-0.2, 0) is 0 Å². The van der Waals surface area contributed by atoms with E-state index in [0.29, 0.717) is 4.47 Å². The highest BCUT2D eigenvalue weighted by Gasteiger charge is 2.05. The average molecular weight is 281 g/mol. The molecule has 16 heavy (non-hydrogen) atoms. The molecule has 0 heterocycles. The first-order valence-electron chi connectivity index (χ1n) is 7.95. The second kappa shape index (κ2) is 4.84. The van der Waals surface area contributed by atoms with Crippen LogP contribution in [0.5, 0.6) is 0 Å². The Labute approximate surface area is 114 Å². The fourth-order valence-electron chi connectivity index (χ4n) is 1.57. The van der Waals surface area contributed by atoms with Gasteiger partial charge in [-0.2, -0.15) is 0 Å². The van der Waals surface area contributed by atoms with Crippen molar-refractivity contribution in [2.24, 2.45) is 0 Å². The molecular formula is C15H15Br. The van der Waals surface area contributed by atoms with Crippen molar-refractivity contribution in [3.05, 3.63) is 58.6 Å². The third-order valence-electron chi connectivity index (χ3n) is 2.42. The van der Waals surface area contributed by atoms with E-state index < -0.39 is 19.6 Å². The smallest absolute Gasteiger partial charge is 0.0236 e. The summed E-state index contributed by atoms with van der Waals surface area (Å²) in [6, 6.07) is 14.7. The van der Waals surface area contributed by atoms with E-state index in [1.165, 1.54) is 0 Å². The molecule has 0 aliphatic rings. The Morgan fingerprint density at radius 3 is 2.38 bits per heavy atom. The molecule has 0 aliphatic heterocycles. The summed E-state index contributed by atoms with van der Waals surface area (Å²) in [5, 5.41) is 0. The Morgan fingerprint density at radius 1 is 1.00 bits per heavy atom. The summed E-state index contributed by atoms with van der Waals surface area (Å²) in [4.78, 5) is 0. The summed E-state index contributed by atoms with van der Waals surface area (Å²) in [5.74, 6) is -1.51. The number of hydrogen-bond acceptors (Lipinski definition) is 0. The van der Waals surface area contributed by atoms with Gasteiger partial charge in [0.1, 0.15) is 0 Å². The van der Waals surface area contributed by atoms with Gasteiger partial charge in [-0.05, 0) is 28.7 Å². The lowest BCUT2D eigenvalue weighted by Crippen LogP contribution is -1.89. The zero-order chi connectivity index (χ0) is 16.5. The van der Waals surface area contributed by atoms with Gasteiger partial charge in [0, 0.05) is 12.7 Å². The Bertz CT molecular complexity index is 631. The quantitative estimate of drug-likeness (QED) is 0.706. The maximum atomic E-state index is 7.55. The summed E-state index contributed by atoms with van der Waals surface area (Å²) in [5.41, 5.74) is 2.15. The maximum absolute atomic E-state index is 7.55. The lowest BCUT2D eigenvalue weighted by molar-refractivity contribution is 0.861. The molecule has 1 heteroatoms. The van der Waals surface area contributed by atoms with E-state index in [1.54, 1.807) is 18.2 Å². The molecule has 0 saturated carbocycles. The first kappa shape index (κ1) is 6.02. The Kier molecular flexibility index (Phi) is 1.82. The molecule has 0 aliphatic carbocycles. The molecule has 2 aromatic rings. The summed E-state index contributed by atoms with van der Waals surface area (Å²) >= 11 is 3.33. The molecule has 0 fully saturated rings. The minimum absolute atomic E-state index is 0.277. The van der Waals surface area contributed by atoms with Crippen LogP contribution >= 0.6 is 15.9 Å². The standard InChI is InChI=1S/C15H15Br/c1-11(2)14-9-8-13(10-15(14)16)12-6-4-3-5-7-12/h3-11H,1-2H3/i1D3,2D3. The molecule has 82 valence electrons. The van der Waals surface area contributed by atoms with Gasteiger partial charge in [-0.25, -0.2) is 0 Å². The van der Waals surface area contributed by atoms with Gasteiger partial charge >= 0.3 is 0 Å². The molecule has 0 aromatic heterocycles. The molecule has 0 bridgehead atoms. The first-order valence-corrected chi connectivity index (χ1v) is 5.75. The predicted molar refractivity (Wildman–Crippen MR) is 73.7 cm³/mol. The van der Waals surface area contributed by atoms with Gasteiger partial charge in [0.2, 0.25) is 0 Å². The summed E-state index contributed by atoms with van der Waals surface area (Å²) in [6.45, 7) is -5.19. The van der Waals surface area contributed by atoms with E-state index in [2.05, 4.69) is 15.9 Å². The second-order valence-corrected chi connectivity index (χ2v) is 4.39. The van der Waals surface area contributed by atoms with Gasteiger partial charge in [0.25, 0.3) is 0 Å². The molecule has 0 radical (unpaired) electrons. The molecule has 0 unspecified atom stereocenters. The molecular weight excluding hydrogens is 260 g/mol. The largest absolute Gasteiger partial charge is 0.0622 e. The third kappa shape index (κ3) is 2.35. The van der Waals surface area contributed by atoms with E-state index in [0.717, 1.165) is 11.1 Å². The number of rotatable bonds is 2. The molecule has 0 spiro atoms. The SMILES string of the molecule is [2H]C([2H])([2H])C(c1ccc(-c2ccccc2)cc1Br)C([2H])([2H])[2H]. The summed E-state index contributed by atoms with van der Waals surface area (Å²) in [7, 11) is 0. The van der Waals surface area contributed by atoms with Crippen LogP contribution in [0.15, 0.2) is 53.0 Å². The van der Waals surface area contributed by atoms with Gasteiger partial charge in [0.05, 0.1) is 0 Å². The first-order chi connectivity index (χ1) is 10.1. The van der Waals surface area contributed by atoms with E-state index >= 15 is 0 Å². The predicted octanol–water partition coefficient (Wildman–Crippen LogP) is 5.24. The highest BCUT2D eigenvalue weighted by Crippen LogP contribution is 2.29. The van der Waals surface area contributed by atoms with Crippen LogP contribution in [0, 0.1) is 0 Å². The van der Waals surface area contributed by atoms with Crippen molar-refractivity contribution in [1.82, 2.24) is 0 Å². The molecule has 0 atom stereocenters. The highest BCUT2D eigenvalue weighted by atomic mass is 79.9. The van der Waals surface area contributed by atoms with Crippen molar-refractivity contribution in [2.45, 2.75) is 19.6 Å². The van der Waals surface area contributed by atoms with Crippen molar-refractivity contribution < 1.29 is 8.22 Å². The molecule has 0 saturated heterocycles. The minimum atomic E-state index is -2.60. The lowest BCUT2D eigenvalue weighted by Gasteiger charge is -2.10. The van der Waals surface area contributed by atoms with Crippen molar-refractivity contribution in [3.8, 4) is 11.1 Å². The van der Waals surface area contributed by atoms with E-state index in [4.69, 9.17) is 8.22 Å². The molecule has 0 amide bonds. The van der Waals surface area contributed by atoms with E-state index in [-0.39, 0.29) is 5.56 Å². The highest BCUT2D eigenvalue weighted by molar-refractivity contribution is 9.10. The number of benzene rings is 2. The van der Waals surface area contributed by atoms with Crippen molar-refractivity contribution >= 4 is 15.9 Å². The number of hydrogen-bond donors (Lipinski definition) is 0. The number of halogens is 1. The summed E-state index contributed by atoms with van der Waals surface area (Å²) in [6.07, 6.45) is 0. The minimum Gasteiger partial charge on any atom is -0.0622 e. The van der Waals surface area contributed by atoms with Gasteiger partial charge in [-0.1, -0.05) is 72.1 Å². The van der Waals surface area contributed by atoms with Gasteiger partial charge in [0.15, 0.2) is 0 Å². The maximum Gasteiger partial charge on any atom is 0.0236 e. The average Bonchev–Trinajstić information content (AvgIpc) is 2.39. The Hall–Kier alpha value is -1.08. The molecule has 0 N–H and O–H groups in total. The zero-order valence-electron chi connectivity index (χ0n) is 14.6. The zero-order valence-corrected chi connectivity index (χ0v) is 10.2. The van der Waals surface area contributed by atoms with E-state index in [1.807, 2.05) is 30.3 Å². The molecule has 2 rings (SSSR count). The van der Waals surface area contributed by atoms with Gasteiger partial charge in [-0.15, -0.1) is 0 Å². The second-order valence-electron chi connectivity index (χ2n) is 3.54. The van der Waals surface area contributed by atoms with Crippen LogP contribution in [0.1, 0.15) is 33.4 Å². The normalized spacial score (nSPS) is 17.9. The topological polar surface area (TPSA) is 0 Å². The fraction of sp³-hybridized carbons (Fsp3) is 0.200. The molecule has 0 nitrogen and oxygen atoms in total. The lowest BCUT2D eigenvalue weighted by atomic mass is 9.99. The van der Waals surface area contributed by atoms with Gasteiger partial charge in [-0.3, -0.25) is 0 Å². The van der Waals surface area contributed by atoms with Crippen LogP contribution in [0.2, 0.25) is 0 Å². The molecule has 2 aromatic carbocycles. The van der Waals surface area contributed by atoms with Crippen LogP contribution in [0.4, 0.5) is 0 Å². The monoisotopic (exact) mass is 280 g/mol. The van der Waals surface area contributed by atoms with Crippen LogP contribution in [0.3, 0.4) is 0 Å². The Morgan fingerprint density at radius 2 is 1.75 bits per heavy atom. The summed E-state index contributed by atoms with van der Waals surface area (Å²) < 4.78 is 45.8. The Balaban J connectivity index is 2.49. The van der Waals surface area contributed by atoms with Crippen LogP contribution in [-0.4, -0.2) is 0 Å². The fourth-order valence-corrected chi connectivity index (χ4v) is 2.18. The van der Waals surface area contributed by atoms with Crippen molar-refractivity contribution in [3.63, 3.8) is 0 Å². The van der Waals surface area contributed by atoms with Crippen molar-refractivity contribution in [2.75, 3.05) is 0 Å². The van der Waals surface area contributed by atoms with Crippen LogP contribution in [0.25, 0.3) is 11.1 Å². The third-order valence-corrected chi connectivity index (χ3v) is 3.11. The van der Waals surface area contributed by atoms with Gasteiger partial charge < -0.3 is 0 Å². The van der Waals surface area contributed by atoms with Crippen molar-refractivity contribution in [1.29, 1.82) is 0 Å². The van der Waals surface area contributed by atoms with E-state index in [9.17, 15) is 0 Å².